The van der Waals surface area contributed by atoms with E-state index in [1.807, 2.05) is 26.0 Å². The number of hydrogen-bond acceptors (Lipinski definition) is 2. The van der Waals surface area contributed by atoms with Gasteiger partial charge in [-0.15, -0.1) is 0 Å². The molecule has 0 aromatic heterocycles. The van der Waals surface area contributed by atoms with E-state index >= 15 is 0 Å². The van der Waals surface area contributed by atoms with Gasteiger partial charge in [-0.25, -0.2) is 0 Å². The molecule has 0 aromatic rings. The second kappa shape index (κ2) is 6.65. The Bertz CT molecular complexity index is 211. The molecule has 2 heteroatoms. The molecule has 1 aliphatic heterocycles. The lowest BCUT2D eigenvalue weighted by Crippen LogP contribution is -2.21. The van der Waals surface area contributed by atoms with Crippen LogP contribution in [0.2, 0.25) is 0 Å². The van der Waals surface area contributed by atoms with Gasteiger partial charge in [0.15, 0.2) is 0 Å². The first kappa shape index (κ1) is 14.2. The largest absolute Gasteiger partial charge is 0.458 e. The normalized spacial score (nSPS) is 20.3. The highest BCUT2D eigenvalue weighted by Crippen LogP contribution is 2.23. The van der Waals surface area contributed by atoms with Gasteiger partial charge in [0.2, 0.25) is 0 Å². The molecule has 0 spiro atoms. The van der Waals surface area contributed by atoms with Crippen LogP contribution in [0.1, 0.15) is 53.9 Å². The third-order valence-electron chi connectivity index (χ3n) is 2.10. The maximum atomic E-state index is 10.9. The molecule has 2 nitrogen and oxygen atoms in total. The minimum absolute atomic E-state index is 0.0143. The van der Waals surface area contributed by atoms with Crippen LogP contribution in [-0.4, -0.2) is 12.1 Å². The highest BCUT2D eigenvalue weighted by molar-refractivity contribution is 5.72. The summed E-state index contributed by atoms with van der Waals surface area (Å²) in [7, 11) is 0. The van der Waals surface area contributed by atoms with E-state index in [1.54, 1.807) is 0 Å². The van der Waals surface area contributed by atoms with Crippen molar-refractivity contribution in [1.29, 1.82) is 0 Å². The summed E-state index contributed by atoms with van der Waals surface area (Å²) in [5.74, 6) is -0.0959. The number of carbonyl (C=O) groups excluding carboxylic acids is 1. The van der Waals surface area contributed by atoms with E-state index in [-0.39, 0.29) is 12.1 Å². The van der Waals surface area contributed by atoms with Gasteiger partial charge >= 0.3 is 5.97 Å². The molecule has 0 saturated carbocycles. The lowest BCUT2D eigenvalue weighted by molar-refractivity contribution is -0.147. The van der Waals surface area contributed by atoms with Gasteiger partial charge < -0.3 is 4.74 Å². The van der Waals surface area contributed by atoms with Gasteiger partial charge in [0, 0.05) is 0 Å². The Balaban J connectivity index is 0.000000921. The van der Waals surface area contributed by atoms with Gasteiger partial charge in [-0.05, 0) is 24.3 Å². The quantitative estimate of drug-likeness (QED) is 0.515. The van der Waals surface area contributed by atoms with Gasteiger partial charge in [-0.3, -0.25) is 4.79 Å². The van der Waals surface area contributed by atoms with E-state index in [4.69, 9.17) is 4.74 Å². The fourth-order valence-corrected chi connectivity index (χ4v) is 1.30. The Hall–Kier alpha value is -0.790. The van der Waals surface area contributed by atoms with Crippen LogP contribution in [-0.2, 0) is 9.53 Å². The van der Waals surface area contributed by atoms with Crippen molar-refractivity contribution in [1.82, 2.24) is 0 Å². The highest BCUT2D eigenvalue weighted by Gasteiger charge is 2.18. The van der Waals surface area contributed by atoms with Crippen LogP contribution < -0.4 is 0 Å². The molecule has 1 atom stereocenters. The Labute approximate surface area is 93.7 Å². The predicted molar refractivity (Wildman–Crippen MR) is 63.7 cm³/mol. The second-order valence-electron chi connectivity index (χ2n) is 4.76. The van der Waals surface area contributed by atoms with Crippen LogP contribution in [0.4, 0.5) is 0 Å². The zero-order valence-corrected chi connectivity index (χ0v) is 10.7. The molecule has 0 aliphatic carbocycles. The number of cyclic esters (lactones) is 1. The van der Waals surface area contributed by atoms with Crippen LogP contribution in [0.25, 0.3) is 0 Å². The van der Waals surface area contributed by atoms with Gasteiger partial charge in [0.1, 0.15) is 6.10 Å². The molecular formula is C13H24O2. The number of esters is 1. The van der Waals surface area contributed by atoms with E-state index in [0.29, 0.717) is 11.8 Å². The smallest absolute Gasteiger partial charge is 0.310 e. The molecule has 0 bridgehead atoms. The number of carbonyl (C=O) groups is 1. The maximum absolute atomic E-state index is 10.9. The standard InChI is InChI=1S/C11H18O2.C2H6/c1-11(2,3)8-7-9-5-4-6-10(12)13-9;1-2/h4-5,9H,6-8H2,1-3H3;1-2H3/t9-;/m1./s1. The Morgan fingerprint density at radius 2 is 2.00 bits per heavy atom. The first-order valence-corrected chi connectivity index (χ1v) is 5.83. The fourth-order valence-electron chi connectivity index (χ4n) is 1.30. The van der Waals surface area contributed by atoms with Gasteiger partial charge in [-0.2, -0.15) is 0 Å². The summed E-state index contributed by atoms with van der Waals surface area (Å²) < 4.78 is 5.16. The second-order valence-corrected chi connectivity index (χ2v) is 4.76. The van der Waals surface area contributed by atoms with Crippen molar-refractivity contribution in [2.75, 3.05) is 0 Å². The van der Waals surface area contributed by atoms with Crippen LogP contribution in [0.3, 0.4) is 0 Å². The topological polar surface area (TPSA) is 26.3 Å². The summed E-state index contributed by atoms with van der Waals surface area (Å²) >= 11 is 0. The molecule has 1 aliphatic rings. The molecule has 15 heavy (non-hydrogen) atoms. The summed E-state index contributed by atoms with van der Waals surface area (Å²) in [6.07, 6.45) is 6.36. The third-order valence-corrected chi connectivity index (χ3v) is 2.10. The zero-order chi connectivity index (χ0) is 11.9. The third kappa shape index (κ3) is 7.18. The summed E-state index contributed by atoms with van der Waals surface area (Å²) in [4.78, 5) is 10.9. The fraction of sp³-hybridized carbons (Fsp3) is 0.769. The highest BCUT2D eigenvalue weighted by atomic mass is 16.5. The minimum Gasteiger partial charge on any atom is -0.458 e. The number of ether oxygens (including phenoxy) is 1. The SMILES string of the molecule is CC.CC(C)(C)CC[C@H]1C=CCC(=O)O1. The monoisotopic (exact) mass is 212 g/mol. The molecule has 1 rings (SSSR count). The molecular weight excluding hydrogens is 188 g/mol. The average molecular weight is 212 g/mol. The molecule has 0 radical (unpaired) electrons. The molecule has 0 amide bonds. The zero-order valence-electron chi connectivity index (χ0n) is 10.7. The minimum atomic E-state index is -0.0959. The lowest BCUT2D eigenvalue weighted by Gasteiger charge is -2.23. The summed E-state index contributed by atoms with van der Waals surface area (Å²) in [5, 5.41) is 0. The predicted octanol–water partition coefficient (Wildman–Crippen LogP) is 3.71. The number of rotatable bonds is 2. The van der Waals surface area contributed by atoms with Crippen molar-refractivity contribution < 1.29 is 9.53 Å². The van der Waals surface area contributed by atoms with Gasteiger partial charge in [0.05, 0.1) is 6.42 Å². The molecule has 0 N–H and O–H groups in total. The van der Waals surface area contributed by atoms with Crippen molar-refractivity contribution in [2.24, 2.45) is 5.41 Å². The lowest BCUT2D eigenvalue weighted by atomic mass is 9.89. The Morgan fingerprint density at radius 1 is 1.40 bits per heavy atom. The summed E-state index contributed by atoms with van der Waals surface area (Å²) in [6, 6.07) is 0. The molecule has 1 heterocycles. The first-order chi connectivity index (χ1) is 6.97. The van der Waals surface area contributed by atoms with E-state index in [0.717, 1.165) is 12.8 Å². The van der Waals surface area contributed by atoms with Crippen molar-refractivity contribution in [2.45, 2.75) is 60.0 Å². The maximum Gasteiger partial charge on any atom is 0.310 e. The Kier molecular flexibility index (Phi) is 6.30. The first-order valence-electron chi connectivity index (χ1n) is 5.83. The van der Waals surface area contributed by atoms with Crippen LogP contribution >= 0.6 is 0 Å². The molecule has 0 aromatic carbocycles. The molecule has 0 saturated heterocycles. The van der Waals surface area contributed by atoms with Crippen molar-refractivity contribution in [3.63, 3.8) is 0 Å². The van der Waals surface area contributed by atoms with E-state index < -0.39 is 0 Å². The average Bonchev–Trinajstić information content (AvgIpc) is 2.17. The van der Waals surface area contributed by atoms with Gasteiger partial charge in [0.25, 0.3) is 0 Å². The van der Waals surface area contributed by atoms with Crippen LogP contribution in [0.15, 0.2) is 12.2 Å². The van der Waals surface area contributed by atoms with Crippen molar-refractivity contribution in [3.8, 4) is 0 Å². The van der Waals surface area contributed by atoms with Gasteiger partial charge in [-0.1, -0.05) is 40.7 Å². The summed E-state index contributed by atoms with van der Waals surface area (Å²) in [6.45, 7) is 10.6. The molecule has 0 fully saturated rings. The Morgan fingerprint density at radius 3 is 2.47 bits per heavy atom. The van der Waals surface area contributed by atoms with Crippen molar-refractivity contribution in [3.05, 3.63) is 12.2 Å². The summed E-state index contributed by atoms with van der Waals surface area (Å²) in [5.41, 5.74) is 0.317. The molecule has 0 unspecified atom stereocenters. The van der Waals surface area contributed by atoms with Crippen molar-refractivity contribution >= 4 is 5.97 Å². The van der Waals surface area contributed by atoms with E-state index in [2.05, 4.69) is 20.8 Å². The van der Waals surface area contributed by atoms with E-state index in [9.17, 15) is 4.79 Å². The van der Waals surface area contributed by atoms with Crippen LogP contribution in [0.5, 0.6) is 0 Å². The molecule has 88 valence electrons. The van der Waals surface area contributed by atoms with E-state index in [1.165, 1.54) is 0 Å². The van der Waals surface area contributed by atoms with Crippen LogP contribution in [0, 0.1) is 5.41 Å². The number of hydrogen-bond donors (Lipinski definition) is 0.